The van der Waals surface area contributed by atoms with Crippen LogP contribution in [0.5, 0.6) is 0 Å². The lowest BCUT2D eigenvalue weighted by Gasteiger charge is -2.08. The third-order valence-electron chi connectivity index (χ3n) is 5.14. The molecule has 0 amide bonds. The fourth-order valence-electron chi connectivity index (χ4n) is 3.51. The zero-order chi connectivity index (χ0) is 21.4. The van der Waals surface area contributed by atoms with Gasteiger partial charge in [0.1, 0.15) is 12.1 Å². The molecule has 31 heavy (non-hydrogen) atoms. The van der Waals surface area contributed by atoms with Gasteiger partial charge in [0.2, 0.25) is 0 Å². The lowest BCUT2D eigenvalue weighted by Crippen LogP contribution is -2.05. The molecular formula is C23H20ClN7. The van der Waals surface area contributed by atoms with Crippen LogP contribution in [-0.4, -0.2) is 29.4 Å². The number of rotatable bonds is 5. The SMILES string of the molecule is Cc1cccc(-n2nc(NCc3ccc(Cl)cc3C)cc2-c2ccn3ncnc3c2)n1. The predicted molar refractivity (Wildman–Crippen MR) is 122 cm³/mol. The highest BCUT2D eigenvalue weighted by Gasteiger charge is 2.14. The fraction of sp³-hybridized carbons (Fsp3) is 0.130. The van der Waals surface area contributed by atoms with Gasteiger partial charge in [0.15, 0.2) is 11.5 Å². The Hall–Kier alpha value is -3.71. The molecule has 5 rings (SSSR count). The van der Waals surface area contributed by atoms with Gasteiger partial charge >= 0.3 is 0 Å². The number of pyridine rings is 2. The third-order valence-corrected chi connectivity index (χ3v) is 5.38. The molecule has 0 aliphatic carbocycles. The molecule has 4 heterocycles. The first-order valence-corrected chi connectivity index (χ1v) is 10.3. The molecule has 4 aromatic heterocycles. The average molecular weight is 430 g/mol. The summed E-state index contributed by atoms with van der Waals surface area (Å²) < 4.78 is 3.59. The first kappa shape index (κ1) is 19.3. The number of anilines is 1. The number of hydrogen-bond donors (Lipinski definition) is 1. The Bertz CT molecular complexity index is 1390. The molecule has 0 aliphatic heterocycles. The van der Waals surface area contributed by atoms with Gasteiger partial charge in [-0.15, -0.1) is 5.10 Å². The van der Waals surface area contributed by atoms with Gasteiger partial charge in [-0.1, -0.05) is 23.7 Å². The Labute approximate surface area is 184 Å². The molecule has 0 radical (unpaired) electrons. The Kier molecular flexibility index (Phi) is 4.88. The van der Waals surface area contributed by atoms with Crippen molar-refractivity contribution in [1.82, 2.24) is 29.4 Å². The van der Waals surface area contributed by atoms with E-state index in [9.17, 15) is 0 Å². The van der Waals surface area contributed by atoms with E-state index in [2.05, 4.69) is 27.3 Å². The summed E-state index contributed by atoms with van der Waals surface area (Å²) in [6.07, 6.45) is 3.43. The third kappa shape index (κ3) is 3.87. The molecular weight excluding hydrogens is 410 g/mol. The van der Waals surface area contributed by atoms with Gasteiger partial charge in [-0.2, -0.15) is 5.10 Å². The van der Waals surface area contributed by atoms with Crippen molar-refractivity contribution in [3.05, 3.63) is 89.0 Å². The molecule has 0 saturated heterocycles. The molecule has 7 nitrogen and oxygen atoms in total. The minimum absolute atomic E-state index is 0.643. The molecule has 0 atom stereocenters. The largest absolute Gasteiger partial charge is 0.364 e. The number of halogens is 1. The van der Waals surface area contributed by atoms with Crippen molar-refractivity contribution in [3.8, 4) is 17.1 Å². The number of benzene rings is 1. The van der Waals surface area contributed by atoms with Crippen LogP contribution in [-0.2, 0) is 6.54 Å². The lowest BCUT2D eigenvalue weighted by atomic mass is 10.1. The van der Waals surface area contributed by atoms with E-state index in [-0.39, 0.29) is 0 Å². The fourth-order valence-corrected chi connectivity index (χ4v) is 3.74. The minimum atomic E-state index is 0.643. The number of hydrogen-bond acceptors (Lipinski definition) is 5. The average Bonchev–Trinajstić information content (AvgIpc) is 3.39. The van der Waals surface area contributed by atoms with Gasteiger partial charge < -0.3 is 5.32 Å². The highest BCUT2D eigenvalue weighted by atomic mass is 35.5. The van der Waals surface area contributed by atoms with Crippen molar-refractivity contribution < 1.29 is 0 Å². The van der Waals surface area contributed by atoms with E-state index in [1.807, 2.05) is 72.4 Å². The highest BCUT2D eigenvalue weighted by molar-refractivity contribution is 6.30. The standard InChI is InChI=1S/C23H20ClN7/c1-15-10-19(24)7-6-18(15)13-25-21-12-20(17-8-9-30-23(11-17)26-14-27-30)31(29-21)22-5-3-4-16(2)28-22/h3-12,14H,13H2,1-2H3,(H,25,29). The summed E-state index contributed by atoms with van der Waals surface area (Å²) in [5.41, 5.74) is 5.90. The van der Waals surface area contributed by atoms with Crippen molar-refractivity contribution in [1.29, 1.82) is 0 Å². The molecule has 0 unspecified atom stereocenters. The number of nitrogens with one attached hydrogen (secondary N) is 1. The van der Waals surface area contributed by atoms with Gasteiger partial charge in [0, 0.05) is 35.1 Å². The van der Waals surface area contributed by atoms with Crippen LogP contribution in [0.2, 0.25) is 5.02 Å². The van der Waals surface area contributed by atoms with Gasteiger partial charge in [-0.25, -0.2) is 19.2 Å². The van der Waals surface area contributed by atoms with Crippen LogP contribution in [0.4, 0.5) is 5.82 Å². The lowest BCUT2D eigenvalue weighted by molar-refractivity contribution is 0.845. The maximum absolute atomic E-state index is 6.09. The molecule has 0 aliphatic rings. The van der Waals surface area contributed by atoms with Crippen LogP contribution in [0.15, 0.2) is 67.1 Å². The molecule has 0 spiro atoms. The van der Waals surface area contributed by atoms with E-state index in [1.54, 1.807) is 10.8 Å². The van der Waals surface area contributed by atoms with E-state index < -0.39 is 0 Å². The van der Waals surface area contributed by atoms with Gasteiger partial charge in [0.25, 0.3) is 0 Å². The number of aromatic nitrogens is 6. The van der Waals surface area contributed by atoms with Gasteiger partial charge in [-0.3, -0.25) is 0 Å². The zero-order valence-corrected chi connectivity index (χ0v) is 17.9. The molecule has 1 aromatic carbocycles. The normalized spacial score (nSPS) is 11.2. The smallest absolute Gasteiger partial charge is 0.155 e. The Balaban J connectivity index is 1.54. The minimum Gasteiger partial charge on any atom is -0.364 e. The van der Waals surface area contributed by atoms with E-state index in [0.717, 1.165) is 44.8 Å². The summed E-state index contributed by atoms with van der Waals surface area (Å²) in [6.45, 7) is 4.67. The second kappa shape index (κ2) is 7.85. The van der Waals surface area contributed by atoms with Crippen molar-refractivity contribution in [3.63, 3.8) is 0 Å². The summed E-state index contributed by atoms with van der Waals surface area (Å²) in [7, 11) is 0. The van der Waals surface area contributed by atoms with E-state index in [4.69, 9.17) is 16.7 Å². The Morgan fingerprint density at radius 3 is 2.77 bits per heavy atom. The summed E-state index contributed by atoms with van der Waals surface area (Å²) in [4.78, 5) is 8.96. The molecule has 1 N–H and O–H groups in total. The second-order valence-corrected chi connectivity index (χ2v) is 7.80. The molecule has 0 fully saturated rings. The van der Waals surface area contributed by atoms with Crippen molar-refractivity contribution in [2.75, 3.05) is 5.32 Å². The quantitative estimate of drug-likeness (QED) is 0.432. The van der Waals surface area contributed by atoms with Crippen molar-refractivity contribution in [2.45, 2.75) is 20.4 Å². The molecule has 5 aromatic rings. The maximum atomic E-state index is 6.09. The first-order chi connectivity index (χ1) is 15.1. The topological polar surface area (TPSA) is 72.9 Å². The van der Waals surface area contributed by atoms with E-state index in [0.29, 0.717) is 6.54 Å². The van der Waals surface area contributed by atoms with E-state index >= 15 is 0 Å². The van der Waals surface area contributed by atoms with Crippen molar-refractivity contribution in [2.24, 2.45) is 0 Å². The molecule has 154 valence electrons. The highest BCUT2D eigenvalue weighted by Crippen LogP contribution is 2.27. The molecule has 0 bridgehead atoms. The number of fused-ring (bicyclic) bond motifs is 1. The summed E-state index contributed by atoms with van der Waals surface area (Å²) in [6, 6.07) is 17.8. The van der Waals surface area contributed by atoms with Crippen molar-refractivity contribution >= 4 is 23.1 Å². The summed E-state index contributed by atoms with van der Waals surface area (Å²) >= 11 is 6.09. The number of aryl methyl sites for hydroxylation is 2. The van der Waals surface area contributed by atoms with Crippen LogP contribution in [0.3, 0.4) is 0 Å². The zero-order valence-electron chi connectivity index (χ0n) is 17.1. The summed E-state index contributed by atoms with van der Waals surface area (Å²) in [5, 5.41) is 13.1. The van der Waals surface area contributed by atoms with Crippen LogP contribution in [0.25, 0.3) is 22.7 Å². The van der Waals surface area contributed by atoms with Crippen LogP contribution in [0, 0.1) is 13.8 Å². The Morgan fingerprint density at radius 2 is 1.94 bits per heavy atom. The van der Waals surface area contributed by atoms with E-state index in [1.165, 1.54) is 5.56 Å². The van der Waals surface area contributed by atoms with Gasteiger partial charge in [0.05, 0.1) is 5.69 Å². The molecule has 8 heteroatoms. The van der Waals surface area contributed by atoms with Crippen LogP contribution < -0.4 is 5.32 Å². The maximum Gasteiger partial charge on any atom is 0.155 e. The number of nitrogens with zero attached hydrogens (tertiary/aromatic N) is 6. The van der Waals surface area contributed by atoms with Gasteiger partial charge in [-0.05, 0) is 61.4 Å². The Morgan fingerprint density at radius 1 is 1.03 bits per heavy atom. The monoisotopic (exact) mass is 429 g/mol. The predicted octanol–water partition coefficient (Wildman–Crippen LogP) is 4.86. The van der Waals surface area contributed by atoms with Crippen LogP contribution in [0.1, 0.15) is 16.8 Å². The first-order valence-electron chi connectivity index (χ1n) is 9.89. The summed E-state index contributed by atoms with van der Waals surface area (Å²) in [5.74, 6) is 1.51. The van der Waals surface area contributed by atoms with Crippen LogP contribution >= 0.6 is 11.6 Å². The second-order valence-electron chi connectivity index (χ2n) is 7.37. The molecule has 0 saturated carbocycles.